The number of fused-ring (bicyclic) bond motifs is 7. The van der Waals surface area contributed by atoms with Gasteiger partial charge in [0.1, 0.15) is 0 Å². The van der Waals surface area contributed by atoms with E-state index in [1.54, 1.807) is 0 Å². The van der Waals surface area contributed by atoms with Gasteiger partial charge in [-0.2, -0.15) is 0 Å². The van der Waals surface area contributed by atoms with Crippen molar-refractivity contribution in [3.63, 3.8) is 0 Å². The lowest BCUT2D eigenvalue weighted by Crippen LogP contribution is -1.91. The Morgan fingerprint density at radius 3 is 1.77 bits per heavy atom. The summed E-state index contributed by atoms with van der Waals surface area (Å²) < 4.78 is 0. The lowest BCUT2D eigenvalue weighted by molar-refractivity contribution is 1.34. The highest BCUT2D eigenvalue weighted by Gasteiger charge is 2.26. The second-order valence-electron chi connectivity index (χ2n) is 12.1. The van der Waals surface area contributed by atoms with Crippen LogP contribution in [-0.2, 0) is 0 Å². The molecule has 9 rings (SSSR count). The molecule has 0 fully saturated rings. The highest BCUT2D eigenvalue weighted by atomic mass is 14.7. The van der Waals surface area contributed by atoms with Gasteiger partial charge < -0.3 is 0 Å². The Kier molecular flexibility index (Phi) is 5.39. The molecule has 0 saturated heterocycles. The number of nitrogens with zero attached hydrogens (tertiary/aromatic N) is 1. The maximum atomic E-state index is 4.88. The predicted octanol–water partition coefficient (Wildman–Crippen LogP) is 11.8. The largest absolute Gasteiger partial charge is 0.256 e. The standard InChI is InChI=1S/C43H29N/c1-26-15-17-33-37(20-26)36(32-22-30(28-10-5-3-6-11-28)21-31(23-32)29-12-7-4-8-13-29)24-39-34-18-16-27(2)41-35-14-9-19-44-43(35)40(42(34)41)25-38(33)39/h3-25H,1-2H3. The minimum atomic E-state index is 1.09. The van der Waals surface area contributed by atoms with Crippen LogP contribution in [0.3, 0.4) is 0 Å². The molecule has 1 aliphatic carbocycles. The molecule has 0 bridgehead atoms. The van der Waals surface area contributed by atoms with E-state index in [9.17, 15) is 0 Å². The van der Waals surface area contributed by atoms with Crippen LogP contribution in [-0.4, -0.2) is 4.98 Å². The summed E-state index contributed by atoms with van der Waals surface area (Å²) in [5, 5.41) is 7.74. The smallest absolute Gasteiger partial charge is 0.0787 e. The molecule has 1 aromatic heterocycles. The van der Waals surface area contributed by atoms with E-state index < -0.39 is 0 Å². The average molecular weight is 560 g/mol. The van der Waals surface area contributed by atoms with Crippen molar-refractivity contribution in [2.45, 2.75) is 13.8 Å². The van der Waals surface area contributed by atoms with Crippen LogP contribution in [0.1, 0.15) is 11.1 Å². The second-order valence-corrected chi connectivity index (χ2v) is 12.1. The molecule has 0 unspecified atom stereocenters. The Balaban J connectivity index is 1.41. The first-order valence-electron chi connectivity index (χ1n) is 15.3. The average Bonchev–Trinajstić information content (AvgIpc) is 3.41. The maximum absolute atomic E-state index is 4.88. The zero-order chi connectivity index (χ0) is 29.4. The van der Waals surface area contributed by atoms with E-state index in [1.807, 2.05) is 6.20 Å². The van der Waals surface area contributed by atoms with Crippen LogP contribution in [0.5, 0.6) is 0 Å². The van der Waals surface area contributed by atoms with E-state index in [0.29, 0.717) is 0 Å². The van der Waals surface area contributed by atoms with Gasteiger partial charge in [-0.05, 0) is 127 Å². The van der Waals surface area contributed by atoms with Gasteiger partial charge >= 0.3 is 0 Å². The van der Waals surface area contributed by atoms with Crippen LogP contribution >= 0.6 is 0 Å². The zero-order valence-corrected chi connectivity index (χ0v) is 24.7. The van der Waals surface area contributed by atoms with Crippen molar-refractivity contribution >= 4 is 32.3 Å². The molecule has 0 saturated carbocycles. The van der Waals surface area contributed by atoms with Gasteiger partial charge in [0.25, 0.3) is 0 Å². The molecular formula is C43H29N. The van der Waals surface area contributed by atoms with E-state index in [0.717, 1.165) is 5.69 Å². The first-order chi connectivity index (χ1) is 21.6. The molecule has 1 heteroatoms. The lowest BCUT2D eigenvalue weighted by atomic mass is 9.86. The van der Waals surface area contributed by atoms with Crippen LogP contribution in [0.25, 0.3) is 88.1 Å². The predicted molar refractivity (Wildman–Crippen MR) is 187 cm³/mol. The van der Waals surface area contributed by atoms with Crippen LogP contribution in [0.15, 0.2) is 140 Å². The third-order valence-corrected chi connectivity index (χ3v) is 9.39. The van der Waals surface area contributed by atoms with Crippen LogP contribution in [0.2, 0.25) is 0 Å². The highest BCUT2D eigenvalue weighted by molar-refractivity contribution is 6.28. The molecule has 44 heavy (non-hydrogen) atoms. The SMILES string of the molecule is Cc1ccc2c(c1)c(-c1cc(-c3ccccc3)cc(-c3ccccc3)c1)cc1c3ccc(C)c4c3c(cc21)-c1ncccc1-4. The number of hydrogen-bond acceptors (Lipinski definition) is 1. The third-order valence-electron chi connectivity index (χ3n) is 9.39. The van der Waals surface area contributed by atoms with E-state index >= 15 is 0 Å². The molecule has 0 N–H and O–H groups in total. The number of rotatable bonds is 3. The van der Waals surface area contributed by atoms with Gasteiger partial charge in [-0.1, -0.05) is 103 Å². The van der Waals surface area contributed by atoms with Gasteiger partial charge in [-0.3, -0.25) is 4.98 Å². The summed E-state index contributed by atoms with van der Waals surface area (Å²) in [6, 6.07) is 49.2. The number of pyridine rings is 1. The van der Waals surface area contributed by atoms with Crippen LogP contribution < -0.4 is 0 Å². The molecule has 0 radical (unpaired) electrons. The van der Waals surface area contributed by atoms with Crippen molar-refractivity contribution in [1.82, 2.24) is 4.98 Å². The summed E-state index contributed by atoms with van der Waals surface area (Å²) in [5.74, 6) is 0. The van der Waals surface area contributed by atoms with Gasteiger partial charge in [-0.25, -0.2) is 0 Å². The van der Waals surface area contributed by atoms with Gasteiger partial charge in [0, 0.05) is 17.3 Å². The molecule has 1 heterocycles. The number of benzene rings is 7. The van der Waals surface area contributed by atoms with Crippen molar-refractivity contribution < 1.29 is 0 Å². The summed E-state index contributed by atoms with van der Waals surface area (Å²) in [6.07, 6.45) is 1.92. The van der Waals surface area contributed by atoms with Crippen LogP contribution in [0.4, 0.5) is 0 Å². The van der Waals surface area contributed by atoms with Crippen molar-refractivity contribution in [1.29, 1.82) is 0 Å². The summed E-state index contributed by atoms with van der Waals surface area (Å²) in [6.45, 7) is 4.41. The summed E-state index contributed by atoms with van der Waals surface area (Å²) >= 11 is 0. The lowest BCUT2D eigenvalue weighted by Gasteiger charge is -2.17. The topological polar surface area (TPSA) is 12.9 Å². The molecule has 7 aromatic carbocycles. The molecule has 1 aliphatic rings. The molecule has 1 nitrogen and oxygen atoms in total. The molecule has 0 atom stereocenters. The summed E-state index contributed by atoms with van der Waals surface area (Å²) in [4.78, 5) is 4.88. The van der Waals surface area contributed by atoms with Crippen molar-refractivity contribution in [2.24, 2.45) is 0 Å². The van der Waals surface area contributed by atoms with E-state index in [4.69, 9.17) is 4.98 Å². The fourth-order valence-corrected chi connectivity index (χ4v) is 7.34. The summed E-state index contributed by atoms with van der Waals surface area (Å²) in [5.41, 5.74) is 14.8. The van der Waals surface area contributed by atoms with Crippen LogP contribution in [0, 0.1) is 13.8 Å². The fraction of sp³-hybridized carbons (Fsp3) is 0.0465. The maximum Gasteiger partial charge on any atom is 0.0787 e. The van der Waals surface area contributed by atoms with E-state index in [2.05, 4.69) is 147 Å². The normalized spacial score (nSPS) is 11.9. The quantitative estimate of drug-likeness (QED) is 0.196. The molecule has 0 amide bonds. The molecule has 0 spiro atoms. The molecule has 0 aliphatic heterocycles. The first kappa shape index (κ1) is 25.0. The van der Waals surface area contributed by atoms with Crippen molar-refractivity contribution in [2.75, 3.05) is 0 Å². The Morgan fingerprint density at radius 2 is 1.05 bits per heavy atom. The summed E-state index contributed by atoms with van der Waals surface area (Å²) in [7, 11) is 0. The monoisotopic (exact) mass is 559 g/mol. The van der Waals surface area contributed by atoms with E-state index in [1.165, 1.54) is 93.5 Å². The van der Waals surface area contributed by atoms with Gasteiger partial charge in [0.05, 0.1) is 5.69 Å². The van der Waals surface area contributed by atoms with E-state index in [-0.39, 0.29) is 0 Å². The number of aromatic nitrogens is 1. The van der Waals surface area contributed by atoms with Gasteiger partial charge in [0.2, 0.25) is 0 Å². The number of aryl methyl sites for hydroxylation is 2. The molecule has 8 aromatic rings. The van der Waals surface area contributed by atoms with Crippen molar-refractivity contribution in [3.05, 3.63) is 151 Å². The Bertz CT molecular complexity index is 2380. The number of hydrogen-bond donors (Lipinski definition) is 0. The Labute approximate surface area is 257 Å². The van der Waals surface area contributed by atoms with Gasteiger partial charge in [0.15, 0.2) is 0 Å². The van der Waals surface area contributed by atoms with Gasteiger partial charge in [-0.15, -0.1) is 0 Å². The Morgan fingerprint density at radius 1 is 0.409 bits per heavy atom. The highest BCUT2D eigenvalue weighted by Crippen LogP contribution is 2.51. The second kappa shape index (κ2) is 9.49. The fourth-order valence-electron chi connectivity index (χ4n) is 7.34. The Hall–Kier alpha value is -5.53. The minimum Gasteiger partial charge on any atom is -0.256 e. The zero-order valence-electron chi connectivity index (χ0n) is 24.7. The first-order valence-corrected chi connectivity index (χ1v) is 15.3. The third kappa shape index (κ3) is 3.69. The minimum absolute atomic E-state index is 1.09. The molecule has 206 valence electrons. The van der Waals surface area contributed by atoms with Crippen molar-refractivity contribution in [3.8, 4) is 55.8 Å². The molecular weight excluding hydrogens is 530 g/mol.